The standard InChI is InChI=1S/C21H31N3O3/c1-15(2)27-14-20(25)24-11-9-16(10-12-24)19-8-7-17(13-22-19)21(26)23-18-5-3-4-6-18/h7-8,13,15-16,18H,3-6,9-12,14H2,1-2H3,(H,23,26). The van der Waals surface area contributed by atoms with Crippen LogP contribution in [0.15, 0.2) is 18.3 Å². The van der Waals surface area contributed by atoms with Crippen molar-refractivity contribution in [2.45, 2.75) is 70.4 Å². The second kappa shape index (κ2) is 9.31. The Morgan fingerprint density at radius 3 is 2.48 bits per heavy atom. The number of aromatic nitrogens is 1. The van der Waals surface area contributed by atoms with Crippen molar-refractivity contribution in [2.75, 3.05) is 19.7 Å². The summed E-state index contributed by atoms with van der Waals surface area (Å²) in [5.74, 6) is 0.382. The van der Waals surface area contributed by atoms with Gasteiger partial charge in [-0.15, -0.1) is 0 Å². The summed E-state index contributed by atoms with van der Waals surface area (Å²) in [6.45, 7) is 5.49. The molecule has 0 radical (unpaired) electrons. The van der Waals surface area contributed by atoms with E-state index >= 15 is 0 Å². The molecule has 148 valence electrons. The predicted molar refractivity (Wildman–Crippen MR) is 104 cm³/mol. The molecular formula is C21H31N3O3. The average molecular weight is 373 g/mol. The summed E-state index contributed by atoms with van der Waals surface area (Å²) in [5.41, 5.74) is 1.64. The molecule has 1 aliphatic heterocycles. The number of nitrogens with zero attached hydrogens (tertiary/aromatic N) is 2. The van der Waals surface area contributed by atoms with Crippen molar-refractivity contribution in [2.24, 2.45) is 0 Å². The van der Waals surface area contributed by atoms with Crippen LogP contribution in [0.2, 0.25) is 0 Å². The number of likely N-dealkylation sites (tertiary alicyclic amines) is 1. The molecule has 2 amide bonds. The zero-order valence-corrected chi connectivity index (χ0v) is 16.4. The molecule has 0 unspecified atom stereocenters. The predicted octanol–water partition coefficient (Wildman–Crippen LogP) is 2.89. The summed E-state index contributed by atoms with van der Waals surface area (Å²) < 4.78 is 5.41. The van der Waals surface area contributed by atoms with Gasteiger partial charge in [0.1, 0.15) is 6.61 Å². The first kappa shape index (κ1) is 19.8. The topological polar surface area (TPSA) is 71.5 Å². The van der Waals surface area contributed by atoms with Crippen molar-refractivity contribution in [1.29, 1.82) is 0 Å². The number of pyridine rings is 1. The van der Waals surface area contributed by atoms with E-state index in [0.717, 1.165) is 44.5 Å². The second-order valence-corrected chi connectivity index (χ2v) is 7.94. The van der Waals surface area contributed by atoms with Crippen LogP contribution in [0, 0.1) is 0 Å². The highest BCUT2D eigenvalue weighted by atomic mass is 16.5. The van der Waals surface area contributed by atoms with E-state index in [9.17, 15) is 9.59 Å². The van der Waals surface area contributed by atoms with Crippen LogP contribution in [-0.2, 0) is 9.53 Å². The molecule has 0 bridgehead atoms. The maximum Gasteiger partial charge on any atom is 0.253 e. The number of piperidine rings is 1. The van der Waals surface area contributed by atoms with Crippen molar-refractivity contribution >= 4 is 11.8 Å². The molecule has 1 aromatic heterocycles. The first-order valence-corrected chi connectivity index (χ1v) is 10.2. The number of hydrogen-bond donors (Lipinski definition) is 1. The first-order valence-electron chi connectivity index (χ1n) is 10.2. The average Bonchev–Trinajstić information content (AvgIpc) is 3.19. The van der Waals surface area contributed by atoms with Gasteiger partial charge in [-0.2, -0.15) is 0 Å². The number of ether oxygens (including phenoxy) is 1. The largest absolute Gasteiger partial charge is 0.369 e. The summed E-state index contributed by atoms with van der Waals surface area (Å²) in [4.78, 5) is 30.9. The van der Waals surface area contributed by atoms with E-state index in [1.165, 1.54) is 12.8 Å². The van der Waals surface area contributed by atoms with Crippen LogP contribution < -0.4 is 5.32 Å². The molecule has 1 saturated carbocycles. The summed E-state index contributed by atoms with van der Waals surface area (Å²) in [5, 5.41) is 3.10. The van der Waals surface area contributed by atoms with E-state index in [2.05, 4.69) is 10.3 Å². The fourth-order valence-corrected chi connectivity index (χ4v) is 3.87. The maximum atomic E-state index is 12.3. The van der Waals surface area contributed by atoms with Gasteiger partial charge in [-0.05, 0) is 51.7 Å². The zero-order chi connectivity index (χ0) is 19.2. The molecule has 0 atom stereocenters. The highest BCUT2D eigenvalue weighted by Gasteiger charge is 2.25. The van der Waals surface area contributed by atoms with Crippen LogP contribution in [0.1, 0.15) is 74.3 Å². The SMILES string of the molecule is CC(C)OCC(=O)N1CCC(c2ccc(C(=O)NC3CCCC3)cn2)CC1. The number of rotatable bonds is 6. The maximum absolute atomic E-state index is 12.3. The summed E-state index contributed by atoms with van der Waals surface area (Å²) >= 11 is 0. The zero-order valence-electron chi connectivity index (χ0n) is 16.4. The van der Waals surface area contributed by atoms with E-state index < -0.39 is 0 Å². The molecule has 1 N–H and O–H groups in total. The Morgan fingerprint density at radius 2 is 1.89 bits per heavy atom. The van der Waals surface area contributed by atoms with Gasteiger partial charge >= 0.3 is 0 Å². The third-order valence-electron chi connectivity index (χ3n) is 5.55. The molecule has 2 aliphatic rings. The number of nitrogens with one attached hydrogen (secondary N) is 1. The third-order valence-corrected chi connectivity index (χ3v) is 5.55. The van der Waals surface area contributed by atoms with Gasteiger partial charge in [0.05, 0.1) is 11.7 Å². The summed E-state index contributed by atoms with van der Waals surface area (Å²) in [6.07, 6.45) is 8.11. The van der Waals surface area contributed by atoms with Crippen LogP contribution in [0.3, 0.4) is 0 Å². The molecule has 3 rings (SSSR count). The van der Waals surface area contributed by atoms with Crippen LogP contribution in [0.5, 0.6) is 0 Å². The third kappa shape index (κ3) is 5.51. The lowest BCUT2D eigenvalue weighted by atomic mass is 9.92. The molecule has 0 aromatic carbocycles. The Labute approximate surface area is 161 Å². The first-order chi connectivity index (χ1) is 13.0. The van der Waals surface area contributed by atoms with Crippen molar-refractivity contribution in [3.63, 3.8) is 0 Å². The van der Waals surface area contributed by atoms with E-state index in [1.54, 1.807) is 6.20 Å². The van der Waals surface area contributed by atoms with Crippen molar-refractivity contribution in [1.82, 2.24) is 15.2 Å². The molecule has 0 spiro atoms. The molecule has 2 heterocycles. The second-order valence-electron chi connectivity index (χ2n) is 7.94. The summed E-state index contributed by atoms with van der Waals surface area (Å²) in [7, 11) is 0. The molecule has 6 heteroatoms. The van der Waals surface area contributed by atoms with Crippen LogP contribution in [0.25, 0.3) is 0 Å². The van der Waals surface area contributed by atoms with Crippen molar-refractivity contribution < 1.29 is 14.3 Å². The lowest BCUT2D eigenvalue weighted by Crippen LogP contribution is -2.40. The summed E-state index contributed by atoms with van der Waals surface area (Å²) in [6, 6.07) is 4.16. The van der Waals surface area contributed by atoms with E-state index in [-0.39, 0.29) is 24.5 Å². The molecule has 27 heavy (non-hydrogen) atoms. The fraction of sp³-hybridized carbons (Fsp3) is 0.667. The lowest BCUT2D eigenvalue weighted by Gasteiger charge is -2.32. The van der Waals surface area contributed by atoms with Crippen molar-refractivity contribution in [3.8, 4) is 0 Å². The Hall–Kier alpha value is -1.95. The van der Waals surface area contributed by atoms with Crippen LogP contribution >= 0.6 is 0 Å². The van der Waals surface area contributed by atoms with Crippen LogP contribution in [0.4, 0.5) is 0 Å². The minimum absolute atomic E-state index is 0.0217. The highest BCUT2D eigenvalue weighted by molar-refractivity contribution is 5.94. The Morgan fingerprint density at radius 1 is 1.19 bits per heavy atom. The molecule has 1 aromatic rings. The molecule has 2 fully saturated rings. The fourth-order valence-electron chi connectivity index (χ4n) is 3.87. The van der Waals surface area contributed by atoms with E-state index in [4.69, 9.17) is 4.74 Å². The van der Waals surface area contributed by atoms with Gasteiger partial charge in [-0.25, -0.2) is 0 Å². The van der Waals surface area contributed by atoms with Gasteiger partial charge in [-0.3, -0.25) is 14.6 Å². The van der Waals surface area contributed by atoms with Gasteiger partial charge < -0.3 is 15.0 Å². The quantitative estimate of drug-likeness (QED) is 0.832. The van der Waals surface area contributed by atoms with E-state index in [1.807, 2.05) is 30.9 Å². The normalized spacial score (nSPS) is 18.9. The van der Waals surface area contributed by atoms with Crippen LogP contribution in [-0.4, -0.2) is 53.5 Å². The molecule has 1 saturated heterocycles. The number of hydrogen-bond acceptors (Lipinski definition) is 4. The monoisotopic (exact) mass is 373 g/mol. The van der Waals surface area contributed by atoms with Crippen molar-refractivity contribution in [3.05, 3.63) is 29.6 Å². The van der Waals surface area contributed by atoms with E-state index in [0.29, 0.717) is 17.5 Å². The lowest BCUT2D eigenvalue weighted by molar-refractivity contribution is -0.138. The van der Waals surface area contributed by atoms with Gasteiger partial charge in [0.2, 0.25) is 5.91 Å². The molecule has 6 nitrogen and oxygen atoms in total. The number of amides is 2. The van der Waals surface area contributed by atoms with Gasteiger partial charge in [0.25, 0.3) is 5.91 Å². The van der Waals surface area contributed by atoms with Gasteiger partial charge in [0, 0.05) is 36.9 Å². The smallest absolute Gasteiger partial charge is 0.253 e. The molecule has 1 aliphatic carbocycles. The Balaban J connectivity index is 1.48. The van der Waals surface area contributed by atoms with Gasteiger partial charge in [0.15, 0.2) is 0 Å². The highest BCUT2D eigenvalue weighted by Crippen LogP contribution is 2.27. The Bertz CT molecular complexity index is 631. The van der Waals surface area contributed by atoms with Gasteiger partial charge in [-0.1, -0.05) is 12.8 Å². The number of carbonyl (C=O) groups excluding carboxylic acids is 2. The molecular weight excluding hydrogens is 342 g/mol. The Kier molecular flexibility index (Phi) is 6.83. The number of carbonyl (C=O) groups is 2. The minimum atomic E-state index is -0.0217. The minimum Gasteiger partial charge on any atom is -0.369 e.